The van der Waals surface area contributed by atoms with Gasteiger partial charge in [-0.15, -0.1) is 15.3 Å². The summed E-state index contributed by atoms with van der Waals surface area (Å²) in [6, 6.07) is 6.17. The normalized spacial score (nSPS) is 10.7. The van der Waals surface area contributed by atoms with Gasteiger partial charge in [-0.1, -0.05) is 0 Å². The Hall–Kier alpha value is -3.23. The molecule has 1 amide bonds. The van der Waals surface area contributed by atoms with Crippen LogP contribution in [-0.4, -0.2) is 37.3 Å². The number of pyridine rings is 1. The van der Waals surface area contributed by atoms with Gasteiger partial charge < -0.3 is 15.0 Å². The molecule has 0 saturated carbocycles. The van der Waals surface area contributed by atoms with E-state index in [-0.39, 0.29) is 18.0 Å². The number of carbonyl (C=O) groups excluding carboxylic acids is 1. The van der Waals surface area contributed by atoms with Gasteiger partial charge in [0.05, 0.1) is 18.7 Å². The zero-order valence-electron chi connectivity index (χ0n) is 12.3. The minimum atomic E-state index is -0.334. The summed E-state index contributed by atoms with van der Waals surface area (Å²) in [4.78, 5) is 25.5. The van der Waals surface area contributed by atoms with E-state index in [1.807, 2.05) is 6.92 Å². The smallest absolute Gasteiger partial charge is 0.253 e. The Bertz CT molecular complexity index is 880. The van der Waals surface area contributed by atoms with E-state index in [9.17, 15) is 9.59 Å². The molecule has 0 radical (unpaired) electrons. The molecule has 23 heavy (non-hydrogen) atoms. The Morgan fingerprint density at radius 3 is 2.91 bits per heavy atom. The number of carbonyl (C=O) groups is 1. The molecule has 0 bridgehead atoms. The fourth-order valence-corrected chi connectivity index (χ4v) is 1.96. The van der Waals surface area contributed by atoms with Crippen LogP contribution in [0.1, 0.15) is 23.1 Å². The molecule has 0 aliphatic rings. The molecule has 118 valence electrons. The molecule has 3 aromatic rings. The van der Waals surface area contributed by atoms with Crippen molar-refractivity contribution in [2.24, 2.45) is 0 Å². The van der Waals surface area contributed by atoms with E-state index in [0.717, 1.165) is 0 Å². The molecule has 0 aliphatic heterocycles. The fraction of sp³-hybridized carbons (Fsp3) is 0.214. The van der Waals surface area contributed by atoms with Crippen LogP contribution >= 0.6 is 0 Å². The molecule has 0 aromatic carbocycles. The first-order valence-electron chi connectivity index (χ1n) is 6.98. The van der Waals surface area contributed by atoms with Gasteiger partial charge in [0.1, 0.15) is 0 Å². The summed E-state index contributed by atoms with van der Waals surface area (Å²) in [6.45, 7) is 2.50. The van der Waals surface area contributed by atoms with Gasteiger partial charge in [0, 0.05) is 18.3 Å². The lowest BCUT2D eigenvalue weighted by molar-refractivity contribution is 0.0949. The maximum absolute atomic E-state index is 12.0. The van der Waals surface area contributed by atoms with Crippen molar-refractivity contribution in [1.29, 1.82) is 0 Å². The molecule has 3 rings (SSSR count). The molecule has 9 nitrogen and oxygen atoms in total. The second-order valence-electron chi connectivity index (χ2n) is 4.62. The van der Waals surface area contributed by atoms with Gasteiger partial charge in [0.15, 0.2) is 11.5 Å². The third-order valence-corrected chi connectivity index (χ3v) is 3.05. The third-order valence-electron chi connectivity index (χ3n) is 3.05. The highest BCUT2D eigenvalue weighted by molar-refractivity contribution is 5.93. The minimum Gasteiger partial charge on any atom is -0.477 e. The predicted octanol–water partition coefficient (Wildman–Crippen LogP) is 0.141. The second kappa shape index (κ2) is 6.26. The molecule has 9 heteroatoms. The molecular weight excluding hydrogens is 300 g/mol. The van der Waals surface area contributed by atoms with E-state index in [1.54, 1.807) is 12.1 Å². The highest BCUT2D eigenvalue weighted by atomic mass is 16.5. The van der Waals surface area contributed by atoms with E-state index in [0.29, 0.717) is 29.5 Å². The lowest BCUT2D eigenvalue weighted by Crippen LogP contribution is -2.25. The molecule has 0 atom stereocenters. The van der Waals surface area contributed by atoms with Crippen LogP contribution in [0, 0.1) is 0 Å². The standard InChI is InChI=1S/C14H14N6O3/c1-2-23-13-6-4-10-17-18-11(20(10)19-13)8-16-14(22)9-3-5-12(21)15-7-9/h3-7H,2,8H2,1H3,(H,15,21)(H,16,22). The summed E-state index contributed by atoms with van der Waals surface area (Å²) in [6.07, 6.45) is 1.35. The van der Waals surface area contributed by atoms with Crippen LogP contribution in [0.15, 0.2) is 35.3 Å². The molecule has 3 aromatic heterocycles. The number of fused-ring (bicyclic) bond motifs is 1. The minimum absolute atomic E-state index is 0.141. The molecule has 0 fully saturated rings. The molecule has 3 heterocycles. The number of nitrogens with zero attached hydrogens (tertiary/aromatic N) is 4. The summed E-state index contributed by atoms with van der Waals surface area (Å²) in [5, 5.41) is 14.9. The number of amides is 1. The molecule has 0 saturated heterocycles. The molecule has 0 unspecified atom stereocenters. The Morgan fingerprint density at radius 1 is 1.30 bits per heavy atom. The highest BCUT2D eigenvalue weighted by Gasteiger charge is 2.11. The predicted molar refractivity (Wildman–Crippen MR) is 80.2 cm³/mol. The Balaban J connectivity index is 1.76. The van der Waals surface area contributed by atoms with Crippen molar-refractivity contribution in [1.82, 2.24) is 30.1 Å². The number of aromatic nitrogens is 5. The Morgan fingerprint density at radius 2 is 2.17 bits per heavy atom. The van der Waals surface area contributed by atoms with Crippen LogP contribution in [-0.2, 0) is 6.54 Å². The van der Waals surface area contributed by atoms with Crippen molar-refractivity contribution >= 4 is 11.6 Å². The molecule has 0 aliphatic carbocycles. The lowest BCUT2D eigenvalue weighted by Gasteiger charge is -2.05. The van der Waals surface area contributed by atoms with E-state index in [1.165, 1.54) is 22.8 Å². The van der Waals surface area contributed by atoms with Crippen molar-refractivity contribution in [2.45, 2.75) is 13.5 Å². The number of hydrogen-bond acceptors (Lipinski definition) is 6. The van der Waals surface area contributed by atoms with Crippen molar-refractivity contribution in [3.8, 4) is 5.88 Å². The van der Waals surface area contributed by atoms with Crippen LogP contribution in [0.5, 0.6) is 5.88 Å². The van der Waals surface area contributed by atoms with Crippen molar-refractivity contribution < 1.29 is 9.53 Å². The third kappa shape index (κ3) is 3.18. The van der Waals surface area contributed by atoms with Crippen LogP contribution in [0.3, 0.4) is 0 Å². The van der Waals surface area contributed by atoms with Crippen LogP contribution < -0.4 is 15.6 Å². The average molecular weight is 314 g/mol. The van der Waals surface area contributed by atoms with Gasteiger partial charge in [-0.2, -0.15) is 4.52 Å². The number of ether oxygens (including phenoxy) is 1. The van der Waals surface area contributed by atoms with Crippen LogP contribution in [0.25, 0.3) is 5.65 Å². The number of hydrogen-bond donors (Lipinski definition) is 2. The first-order chi connectivity index (χ1) is 11.2. The number of H-pyrrole nitrogens is 1. The van der Waals surface area contributed by atoms with Crippen molar-refractivity contribution in [3.63, 3.8) is 0 Å². The van der Waals surface area contributed by atoms with E-state index < -0.39 is 0 Å². The zero-order valence-corrected chi connectivity index (χ0v) is 12.3. The number of nitrogens with one attached hydrogen (secondary N) is 2. The quantitative estimate of drug-likeness (QED) is 0.692. The van der Waals surface area contributed by atoms with Gasteiger partial charge in [-0.05, 0) is 19.1 Å². The van der Waals surface area contributed by atoms with Crippen molar-refractivity contribution in [3.05, 3.63) is 52.2 Å². The van der Waals surface area contributed by atoms with E-state index >= 15 is 0 Å². The summed E-state index contributed by atoms with van der Waals surface area (Å²) in [5.74, 6) is 0.589. The van der Waals surface area contributed by atoms with Crippen LogP contribution in [0.4, 0.5) is 0 Å². The fourth-order valence-electron chi connectivity index (χ4n) is 1.96. The van der Waals surface area contributed by atoms with Gasteiger partial charge in [0.2, 0.25) is 11.4 Å². The average Bonchev–Trinajstić information content (AvgIpc) is 2.96. The lowest BCUT2D eigenvalue weighted by atomic mass is 10.3. The first kappa shape index (κ1) is 14.7. The maximum Gasteiger partial charge on any atom is 0.253 e. The maximum atomic E-state index is 12.0. The number of aromatic amines is 1. The first-order valence-corrected chi connectivity index (χ1v) is 6.98. The van der Waals surface area contributed by atoms with Gasteiger partial charge in [-0.3, -0.25) is 9.59 Å². The summed E-state index contributed by atoms with van der Waals surface area (Å²) >= 11 is 0. The van der Waals surface area contributed by atoms with E-state index in [2.05, 4.69) is 25.6 Å². The second-order valence-corrected chi connectivity index (χ2v) is 4.62. The zero-order chi connectivity index (χ0) is 16.2. The van der Waals surface area contributed by atoms with E-state index in [4.69, 9.17) is 4.74 Å². The van der Waals surface area contributed by atoms with Gasteiger partial charge in [0.25, 0.3) is 5.91 Å². The highest BCUT2D eigenvalue weighted by Crippen LogP contribution is 2.09. The molecular formula is C14H14N6O3. The number of rotatable bonds is 5. The van der Waals surface area contributed by atoms with Crippen LogP contribution in [0.2, 0.25) is 0 Å². The Kier molecular flexibility index (Phi) is 4.00. The summed E-state index contributed by atoms with van der Waals surface area (Å²) in [5.41, 5.74) is 0.640. The summed E-state index contributed by atoms with van der Waals surface area (Å²) in [7, 11) is 0. The largest absolute Gasteiger partial charge is 0.477 e. The van der Waals surface area contributed by atoms with Gasteiger partial charge >= 0.3 is 0 Å². The monoisotopic (exact) mass is 314 g/mol. The van der Waals surface area contributed by atoms with Gasteiger partial charge in [-0.25, -0.2) is 0 Å². The SMILES string of the molecule is CCOc1ccc2nnc(CNC(=O)c3ccc(=O)[nH]c3)n2n1. The summed E-state index contributed by atoms with van der Waals surface area (Å²) < 4.78 is 6.85. The Labute approximate surface area is 130 Å². The molecule has 2 N–H and O–H groups in total. The van der Waals surface area contributed by atoms with Crippen molar-refractivity contribution in [2.75, 3.05) is 6.61 Å². The molecule has 0 spiro atoms. The topological polar surface area (TPSA) is 114 Å².